The Bertz CT molecular complexity index is 484. The highest BCUT2D eigenvalue weighted by Crippen LogP contribution is 2.44. The van der Waals surface area contributed by atoms with Gasteiger partial charge in [-0.2, -0.15) is 0 Å². The third kappa shape index (κ3) is 2.51. The van der Waals surface area contributed by atoms with Crippen molar-refractivity contribution in [3.05, 3.63) is 34.9 Å². The van der Waals surface area contributed by atoms with E-state index in [-0.39, 0.29) is 23.1 Å². The van der Waals surface area contributed by atoms with Crippen molar-refractivity contribution in [3.63, 3.8) is 0 Å². The standard InChI is InChI=1S/C13H15F2NO2/c1-8-4-9(11(15)5-10(8)14)12(18)16-6-13(7-17)2-3-13/h4-5,17H,2-3,6-7H2,1H3,(H,16,18). The summed E-state index contributed by atoms with van der Waals surface area (Å²) in [7, 11) is 0. The van der Waals surface area contributed by atoms with E-state index in [1.807, 2.05) is 0 Å². The molecule has 0 unspecified atom stereocenters. The maximum absolute atomic E-state index is 13.4. The second kappa shape index (κ2) is 4.65. The molecular formula is C13H15F2NO2. The molecule has 0 spiro atoms. The third-order valence-corrected chi connectivity index (χ3v) is 3.41. The van der Waals surface area contributed by atoms with Gasteiger partial charge in [-0.25, -0.2) is 8.78 Å². The number of aliphatic hydroxyl groups excluding tert-OH is 1. The van der Waals surface area contributed by atoms with Gasteiger partial charge in [0.05, 0.1) is 12.2 Å². The topological polar surface area (TPSA) is 49.3 Å². The molecule has 1 saturated carbocycles. The molecule has 1 aromatic carbocycles. The van der Waals surface area contributed by atoms with Gasteiger partial charge in [0.1, 0.15) is 11.6 Å². The summed E-state index contributed by atoms with van der Waals surface area (Å²) in [6.45, 7) is 1.80. The van der Waals surface area contributed by atoms with E-state index in [1.54, 1.807) is 0 Å². The number of nitrogens with one attached hydrogen (secondary N) is 1. The summed E-state index contributed by atoms with van der Waals surface area (Å²) < 4.78 is 26.5. The normalized spacial score (nSPS) is 16.4. The van der Waals surface area contributed by atoms with Crippen LogP contribution in [0.3, 0.4) is 0 Å². The lowest BCUT2D eigenvalue weighted by Gasteiger charge is -2.13. The molecule has 1 amide bonds. The minimum Gasteiger partial charge on any atom is -0.396 e. The maximum Gasteiger partial charge on any atom is 0.254 e. The Morgan fingerprint density at radius 1 is 1.39 bits per heavy atom. The first-order valence-corrected chi connectivity index (χ1v) is 5.82. The van der Waals surface area contributed by atoms with E-state index in [1.165, 1.54) is 13.0 Å². The smallest absolute Gasteiger partial charge is 0.254 e. The van der Waals surface area contributed by atoms with Crippen molar-refractivity contribution in [1.29, 1.82) is 0 Å². The van der Waals surface area contributed by atoms with Gasteiger partial charge in [0.25, 0.3) is 5.91 Å². The van der Waals surface area contributed by atoms with Gasteiger partial charge in [-0.3, -0.25) is 4.79 Å². The fraction of sp³-hybridized carbons (Fsp3) is 0.462. The number of aryl methyl sites for hydroxylation is 1. The van der Waals surface area contributed by atoms with Crippen LogP contribution in [0.4, 0.5) is 8.78 Å². The highest BCUT2D eigenvalue weighted by molar-refractivity contribution is 5.94. The van der Waals surface area contributed by atoms with E-state index in [2.05, 4.69) is 5.32 Å². The highest BCUT2D eigenvalue weighted by Gasteiger charge is 2.42. The minimum absolute atomic E-state index is 0.0121. The van der Waals surface area contributed by atoms with Gasteiger partial charge >= 0.3 is 0 Å². The Labute approximate surface area is 104 Å². The van der Waals surface area contributed by atoms with Gasteiger partial charge in [0.15, 0.2) is 0 Å². The van der Waals surface area contributed by atoms with Crippen molar-refractivity contribution in [2.45, 2.75) is 19.8 Å². The molecule has 0 heterocycles. The van der Waals surface area contributed by atoms with Crippen molar-refractivity contribution in [2.24, 2.45) is 5.41 Å². The summed E-state index contributed by atoms with van der Waals surface area (Å²) in [5, 5.41) is 11.7. The zero-order valence-electron chi connectivity index (χ0n) is 10.1. The van der Waals surface area contributed by atoms with Crippen LogP contribution in [0.2, 0.25) is 0 Å². The SMILES string of the molecule is Cc1cc(C(=O)NCC2(CO)CC2)c(F)cc1F. The molecule has 2 rings (SSSR count). The fourth-order valence-electron chi connectivity index (χ4n) is 1.76. The summed E-state index contributed by atoms with van der Waals surface area (Å²) in [6, 6.07) is 1.90. The van der Waals surface area contributed by atoms with Crippen molar-refractivity contribution in [2.75, 3.05) is 13.2 Å². The van der Waals surface area contributed by atoms with E-state index >= 15 is 0 Å². The molecule has 5 heteroatoms. The summed E-state index contributed by atoms with van der Waals surface area (Å²) in [4.78, 5) is 11.8. The molecule has 0 aliphatic heterocycles. The molecule has 1 aromatic rings. The molecule has 1 fully saturated rings. The minimum atomic E-state index is -0.871. The monoisotopic (exact) mass is 255 g/mol. The van der Waals surface area contributed by atoms with Crippen molar-refractivity contribution in [1.82, 2.24) is 5.32 Å². The summed E-state index contributed by atoms with van der Waals surface area (Å²) in [5.74, 6) is -2.11. The molecule has 0 saturated heterocycles. The maximum atomic E-state index is 13.4. The van der Waals surface area contributed by atoms with Gasteiger partial charge < -0.3 is 10.4 Å². The predicted octanol–water partition coefficient (Wildman–Crippen LogP) is 1.78. The van der Waals surface area contributed by atoms with Gasteiger partial charge in [-0.1, -0.05) is 0 Å². The number of halogens is 2. The number of benzene rings is 1. The van der Waals surface area contributed by atoms with Crippen LogP contribution in [0.15, 0.2) is 12.1 Å². The first kappa shape index (κ1) is 13.0. The van der Waals surface area contributed by atoms with E-state index in [0.29, 0.717) is 12.6 Å². The van der Waals surface area contributed by atoms with Crippen molar-refractivity contribution < 1.29 is 18.7 Å². The lowest BCUT2D eigenvalue weighted by molar-refractivity contribution is 0.0931. The molecule has 3 nitrogen and oxygen atoms in total. The molecule has 18 heavy (non-hydrogen) atoms. The Morgan fingerprint density at radius 2 is 2.06 bits per heavy atom. The largest absolute Gasteiger partial charge is 0.396 e. The molecule has 1 aliphatic carbocycles. The van der Waals surface area contributed by atoms with Crippen LogP contribution < -0.4 is 5.32 Å². The molecule has 98 valence electrons. The van der Waals surface area contributed by atoms with Crippen LogP contribution in [0, 0.1) is 24.0 Å². The summed E-state index contributed by atoms with van der Waals surface area (Å²) in [6.07, 6.45) is 1.71. The Morgan fingerprint density at radius 3 is 2.61 bits per heavy atom. The number of hydrogen-bond donors (Lipinski definition) is 2. The average Bonchev–Trinajstić information content (AvgIpc) is 3.11. The average molecular weight is 255 g/mol. The number of carbonyl (C=O) groups excluding carboxylic acids is 1. The molecular weight excluding hydrogens is 240 g/mol. The number of amides is 1. The van der Waals surface area contributed by atoms with Crippen molar-refractivity contribution in [3.8, 4) is 0 Å². The lowest BCUT2D eigenvalue weighted by Crippen LogP contribution is -2.32. The van der Waals surface area contributed by atoms with Gasteiger partial charge in [0, 0.05) is 18.0 Å². The van der Waals surface area contributed by atoms with Crippen LogP contribution in [0.1, 0.15) is 28.8 Å². The van der Waals surface area contributed by atoms with Gasteiger partial charge in [-0.15, -0.1) is 0 Å². The molecule has 0 radical (unpaired) electrons. The first-order valence-electron chi connectivity index (χ1n) is 5.82. The van der Waals surface area contributed by atoms with E-state index in [4.69, 9.17) is 5.11 Å². The zero-order chi connectivity index (χ0) is 13.3. The van der Waals surface area contributed by atoms with E-state index < -0.39 is 17.5 Å². The van der Waals surface area contributed by atoms with E-state index in [0.717, 1.165) is 12.8 Å². The van der Waals surface area contributed by atoms with Crippen LogP contribution >= 0.6 is 0 Å². The molecule has 0 atom stereocenters. The molecule has 0 bridgehead atoms. The Hall–Kier alpha value is -1.49. The van der Waals surface area contributed by atoms with Crippen LogP contribution in [0.25, 0.3) is 0 Å². The molecule has 1 aliphatic rings. The third-order valence-electron chi connectivity index (χ3n) is 3.41. The number of hydrogen-bond acceptors (Lipinski definition) is 2. The Kier molecular flexibility index (Phi) is 3.34. The number of carbonyl (C=O) groups is 1. The number of aliphatic hydroxyl groups is 1. The first-order chi connectivity index (χ1) is 8.47. The van der Waals surface area contributed by atoms with Crippen LogP contribution in [-0.2, 0) is 0 Å². The van der Waals surface area contributed by atoms with Crippen LogP contribution in [-0.4, -0.2) is 24.2 Å². The zero-order valence-corrected chi connectivity index (χ0v) is 10.1. The fourth-order valence-corrected chi connectivity index (χ4v) is 1.76. The molecule has 0 aromatic heterocycles. The van der Waals surface area contributed by atoms with Crippen LogP contribution in [0.5, 0.6) is 0 Å². The quantitative estimate of drug-likeness (QED) is 0.861. The van der Waals surface area contributed by atoms with Crippen molar-refractivity contribution >= 4 is 5.91 Å². The summed E-state index contributed by atoms with van der Waals surface area (Å²) in [5.41, 5.74) is -0.172. The lowest BCUT2D eigenvalue weighted by atomic mass is 10.1. The number of rotatable bonds is 4. The summed E-state index contributed by atoms with van der Waals surface area (Å²) >= 11 is 0. The predicted molar refractivity (Wildman–Crippen MR) is 62.2 cm³/mol. The van der Waals surface area contributed by atoms with E-state index in [9.17, 15) is 13.6 Å². The second-order valence-corrected chi connectivity index (χ2v) is 4.92. The Balaban J connectivity index is 2.07. The second-order valence-electron chi connectivity index (χ2n) is 4.92. The van der Waals surface area contributed by atoms with Gasteiger partial charge in [-0.05, 0) is 31.4 Å². The van der Waals surface area contributed by atoms with Gasteiger partial charge in [0.2, 0.25) is 0 Å². The molecule has 2 N–H and O–H groups in total. The highest BCUT2D eigenvalue weighted by atomic mass is 19.1.